The molecule has 19 heavy (non-hydrogen) atoms. The third kappa shape index (κ3) is 1.66. The van der Waals surface area contributed by atoms with Crippen LogP contribution in [0.25, 0.3) is 21.5 Å². The lowest BCUT2D eigenvalue weighted by Gasteiger charge is -2.23. The first-order chi connectivity index (χ1) is 9.33. The molecule has 1 aliphatic rings. The average molecular weight is 247 g/mol. The molecule has 0 unspecified atom stereocenters. The van der Waals surface area contributed by atoms with Gasteiger partial charge in [-0.3, -0.25) is 0 Å². The van der Waals surface area contributed by atoms with Crippen LogP contribution in [-0.4, -0.2) is 6.04 Å². The summed E-state index contributed by atoms with van der Waals surface area (Å²) >= 11 is 0. The molecule has 94 valence electrons. The number of aryl methyl sites for hydroxylation is 1. The van der Waals surface area contributed by atoms with Gasteiger partial charge >= 0.3 is 0 Å². The van der Waals surface area contributed by atoms with Gasteiger partial charge in [0.1, 0.15) is 0 Å². The van der Waals surface area contributed by atoms with Gasteiger partial charge in [0.25, 0.3) is 0 Å². The summed E-state index contributed by atoms with van der Waals surface area (Å²) in [5.41, 5.74) is 9.12. The molecule has 0 bridgehead atoms. The fraction of sp³-hybridized carbons (Fsp3) is 0.222. The molecule has 1 atom stereocenters. The zero-order valence-corrected chi connectivity index (χ0v) is 10.9. The summed E-state index contributed by atoms with van der Waals surface area (Å²) in [6, 6.07) is 18.0. The fourth-order valence-electron chi connectivity index (χ4n) is 3.38. The molecule has 0 fully saturated rings. The topological polar surface area (TPSA) is 26.0 Å². The van der Waals surface area contributed by atoms with E-state index in [1.807, 2.05) is 0 Å². The zero-order chi connectivity index (χ0) is 12.8. The Morgan fingerprint density at radius 1 is 0.842 bits per heavy atom. The molecule has 0 aromatic heterocycles. The molecule has 2 N–H and O–H groups in total. The zero-order valence-electron chi connectivity index (χ0n) is 10.9. The van der Waals surface area contributed by atoms with Gasteiger partial charge in [0.2, 0.25) is 0 Å². The van der Waals surface area contributed by atoms with Crippen molar-refractivity contribution in [2.24, 2.45) is 5.73 Å². The maximum atomic E-state index is 6.15. The summed E-state index contributed by atoms with van der Waals surface area (Å²) in [4.78, 5) is 0. The van der Waals surface area contributed by atoms with Crippen LogP contribution in [-0.2, 0) is 12.8 Å². The molecule has 4 rings (SSSR count). The first-order valence-electron chi connectivity index (χ1n) is 7.01. The minimum absolute atomic E-state index is 0.324. The van der Waals surface area contributed by atoms with Gasteiger partial charge in [-0.05, 0) is 51.9 Å². The Bertz CT molecular complexity index is 773. The maximum Gasteiger partial charge on any atom is 0.00828 e. The van der Waals surface area contributed by atoms with E-state index in [1.54, 1.807) is 0 Å². The molecule has 1 heteroatoms. The summed E-state index contributed by atoms with van der Waals surface area (Å²) < 4.78 is 0. The number of benzene rings is 3. The Kier molecular flexibility index (Phi) is 2.36. The number of hydrogen-bond donors (Lipinski definition) is 1. The predicted molar refractivity (Wildman–Crippen MR) is 81.5 cm³/mol. The number of fused-ring (bicyclic) bond motifs is 5. The van der Waals surface area contributed by atoms with Crippen molar-refractivity contribution >= 4 is 21.5 Å². The molecule has 0 heterocycles. The highest BCUT2D eigenvalue weighted by atomic mass is 14.6. The molecule has 0 saturated carbocycles. The lowest BCUT2D eigenvalue weighted by atomic mass is 9.84. The van der Waals surface area contributed by atoms with Crippen LogP contribution in [0.2, 0.25) is 0 Å². The van der Waals surface area contributed by atoms with Crippen molar-refractivity contribution in [1.29, 1.82) is 0 Å². The van der Waals surface area contributed by atoms with E-state index in [0.29, 0.717) is 6.04 Å². The molecular weight excluding hydrogens is 230 g/mol. The summed E-state index contributed by atoms with van der Waals surface area (Å²) in [5.74, 6) is 0. The van der Waals surface area contributed by atoms with E-state index in [2.05, 4.69) is 48.5 Å². The number of rotatable bonds is 0. The molecule has 3 aromatic carbocycles. The minimum Gasteiger partial charge on any atom is -0.327 e. The standard InChI is InChI=1S/C18H17N/c19-14-8-5-13-7-9-16-15-4-2-1-3-12(15)6-10-17(16)18(13)11-14/h1-4,6-7,9-10,14H,5,8,11,19H2/t14-/m1/s1. The largest absolute Gasteiger partial charge is 0.327 e. The van der Waals surface area contributed by atoms with Gasteiger partial charge in [0, 0.05) is 6.04 Å². The van der Waals surface area contributed by atoms with E-state index in [-0.39, 0.29) is 0 Å². The van der Waals surface area contributed by atoms with E-state index < -0.39 is 0 Å². The van der Waals surface area contributed by atoms with Crippen LogP contribution in [0, 0.1) is 0 Å². The van der Waals surface area contributed by atoms with Crippen molar-refractivity contribution in [3.05, 3.63) is 59.7 Å². The maximum absolute atomic E-state index is 6.15. The first-order valence-corrected chi connectivity index (χ1v) is 7.01. The van der Waals surface area contributed by atoms with Crippen LogP contribution in [0.1, 0.15) is 17.5 Å². The molecule has 0 amide bonds. The highest BCUT2D eigenvalue weighted by Crippen LogP contribution is 2.32. The molecule has 0 spiro atoms. The Hall–Kier alpha value is -1.86. The molecule has 0 radical (unpaired) electrons. The summed E-state index contributed by atoms with van der Waals surface area (Å²) in [6.45, 7) is 0. The Labute approximate surface area is 113 Å². The summed E-state index contributed by atoms with van der Waals surface area (Å²) in [6.07, 6.45) is 3.26. The number of nitrogens with two attached hydrogens (primary N) is 1. The molecule has 1 aliphatic carbocycles. The number of hydrogen-bond acceptors (Lipinski definition) is 1. The van der Waals surface area contributed by atoms with E-state index >= 15 is 0 Å². The van der Waals surface area contributed by atoms with E-state index in [0.717, 1.165) is 19.3 Å². The lowest BCUT2D eigenvalue weighted by Crippen LogP contribution is -2.27. The minimum atomic E-state index is 0.324. The van der Waals surface area contributed by atoms with Gasteiger partial charge in [0.05, 0.1) is 0 Å². The van der Waals surface area contributed by atoms with Crippen molar-refractivity contribution in [3.8, 4) is 0 Å². The van der Waals surface area contributed by atoms with Gasteiger partial charge in [-0.25, -0.2) is 0 Å². The SMILES string of the molecule is N[C@@H]1CCc2ccc3c(ccc4ccccc43)c2C1. The highest BCUT2D eigenvalue weighted by molar-refractivity contribution is 6.08. The van der Waals surface area contributed by atoms with Crippen LogP contribution >= 0.6 is 0 Å². The third-order valence-corrected chi connectivity index (χ3v) is 4.39. The Balaban J connectivity index is 2.10. The molecule has 1 nitrogen and oxygen atoms in total. The molecular formula is C18H17N. The van der Waals surface area contributed by atoms with E-state index in [1.165, 1.54) is 32.7 Å². The van der Waals surface area contributed by atoms with Crippen molar-refractivity contribution in [2.75, 3.05) is 0 Å². The average Bonchev–Trinajstić information content (AvgIpc) is 2.46. The second-order valence-electron chi connectivity index (χ2n) is 5.59. The van der Waals surface area contributed by atoms with Crippen molar-refractivity contribution in [3.63, 3.8) is 0 Å². The molecule has 0 saturated heterocycles. The normalized spacial score (nSPS) is 18.7. The van der Waals surface area contributed by atoms with Crippen molar-refractivity contribution in [2.45, 2.75) is 25.3 Å². The van der Waals surface area contributed by atoms with Gasteiger partial charge in [0.15, 0.2) is 0 Å². The van der Waals surface area contributed by atoms with Crippen LogP contribution in [0.15, 0.2) is 48.5 Å². The van der Waals surface area contributed by atoms with Gasteiger partial charge in [-0.1, -0.05) is 48.5 Å². The molecule has 3 aromatic rings. The van der Waals surface area contributed by atoms with Crippen LogP contribution in [0.4, 0.5) is 0 Å². The van der Waals surface area contributed by atoms with Crippen molar-refractivity contribution in [1.82, 2.24) is 0 Å². The highest BCUT2D eigenvalue weighted by Gasteiger charge is 2.18. The Morgan fingerprint density at radius 3 is 2.63 bits per heavy atom. The van der Waals surface area contributed by atoms with Crippen LogP contribution in [0.3, 0.4) is 0 Å². The quantitative estimate of drug-likeness (QED) is 0.601. The summed E-state index contributed by atoms with van der Waals surface area (Å²) in [7, 11) is 0. The van der Waals surface area contributed by atoms with Gasteiger partial charge in [-0.2, -0.15) is 0 Å². The van der Waals surface area contributed by atoms with E-state index in [4.69, 9.17) is 5.73 Å². The smallest absolute Gasteiger partial charge is 0.00828 e. The van der Waals surface area contributed by atoms with Crippen LogP contribution in [0.5, 0.6) is 0 Å². The van der Waals surface area contributed by atoms with E-state index in [9.17, 15) is 0 Å². The monoisotopic (exact) mass is 247 g/mol. The Morgan fingerprint density at radius 2 is 1.68 bits per heavy atom. The van der Waals surface area contributed by atoms with Crippen molar-refractivity contribution < 1.29 is 0 Å². The van der Waals surface area contributed by atoms with Gasteiger partial charge < -0.3 is 5.73 Å². The van der Waals surface area contributed by atoms with Crippen LogP contribution < -0.4 is 5.73 Å². The second kappa shape index (κ2) is 4.07. The fourth-order valence-corrected chi connectivity index (χ4v) is 3.38. The van der Waals surface area contributed by atoms with Gasteiger partial charge in [-0.15, -0.1) is 0 Å². The first kappa shape index (κ1) is 11.0. The summed E-state index contributed by atoms with van der Waals surface area (Å²) in [5, 5.41) is 5.43. The lowest BCUT2D eigenvalue weighted by molar-refractivity contribution is 0.579. The second-order valence-corrected chi connectivity index (χ2v) is 5.59. The predicted octanol–water partition coefficient (Wildman–Crippen LogP) is 3.81. The third-order valence-electron chi connectivity index (χ3n) is 4.39. The molecule has 0 aliphatic heterocycles.